The van der Waals surface area contributed by atoms with Gasteiger partial charge >= 0.3 is 5.97 Å². The summed E-state index contributed by atoms with van der Waals surface area (Å²) in [6, 6.07) is 12.8. The smallest absolute Gasteiger partial charge is 0.338 e. The van der Waals surface area contributed by atoms with E-state index in [4.69, 9.17) is 23.9 Å². The lowest BCUT2D eigenvalue weighted by Gasteiger charge is -2.31. The summed E-state index contributed by atoms with van der Waals surface area (Å²) in [7, 11) is 4.77. The largest absolute Gasteiger partial charge is 0.497 e. The van der Waals surface area contributed by atoms with Crippen LogP contribution >= 0.6 is 0 Å². The maximum absolute atomic E-state index is 13.2. The highest BCUT2D eigenvalue weighted by Gasteiger charge is 2.36. The Kier molecular flexibility index (Phi) is 5.81. The van der Waals surface area contributed by atoms with Crippen LogP contribution < -0.4 is 14.8 Å². The highest BCUT2D eigenvalue weighted by molar-refractivity contribution is 5.94. The predicted molar refractivity (Wildman–Crippen MR) is 117 cm³/mol. The first-order valence-corrected chi connectivity index (χ1v) is 9.91. The van der Waals surface area contributed by atoms with Gasteiger partial charge in [-0.3, -0.25) is 4.57 Å². The van der Waals surface area contributed by atoms with Gasteiger partial charge in [0.25, 0.3) is 0 Å². The number of carbonyl (C=O) groups excluding carboxylic acids is 1. The van der Waals surface area contributed by atoms with Crippen molar-refractivity contribution in [3.05, 3.63) is 59.3 Å². The average Bonchev–Trinajstić information content (AvgIpc) is 3.15. The topological polar surface area (TPSA) is 83.8 Å². The highest BCUT2D eigenvalue weighted by atomic mass is 16.6. The number of para-hydroxylation sites is 2. The molecule has 0 saturated carbocycles. The van der Waals surface area contributed by atoms with Gasteiger partial charge in [-0.25, -0.2) is 9.78 Å². The minimum atomic E-state index is -0.524. The molecule has 2 heterocycles. The number of ether oxygens (including phenoxy) is 4. The fraction of sp³-hybridized carbons (Fsp3) is 0.304. The fourth-order valence-corrected chi connectivity index (χ4v) is 3.87. The number of carbonyl (C=O) groups is 1. The molecule has 0 amide bonds. The number of hydrogen-bond acceptors (Lipinski definition) is 7. The van der Waals surface area contributed by atoms with Crippen LogP contribution in [0.2, 0.25) is 0 Å². The molecule has 8 heteroatoms. The molecule has 0 fully saturated rings. The second kappa shape index (κ2) is 8.69. The minimum absolute atomic E-state index is 0.158. The number of imidazole rings is 1. The number of benzene rings is 2. The minimum Gasteiger partial charge on any atom is -0.497 e. The van der Waals surface area contributed by atoms with E-state index in [0.717, 1.165) is 16.6 Å². The van der Waals surface area contributed by atoms with E-state index >= 15 is 0 Å². The van der Waals surface area contributed by atoms with E-state index in [1.165, 1.54) is 0 Å². The summed E-state index contributed by atoms with van der Waals surface area (Å²) >= 11 is 0. The van der Waals surface area contributed by atoms with Gasteiger partial charge in [0.1, 0.15) is 18.1 Å². The average molecular weight is 423 g/mol. The van der Waals surface area contributed by atoms with Crippen LogP contribution in [0.15, 0.2) is 53.7 Å². The van der Waals surface area contributed by atoms with Gasteiger partial charge in [0.2, 0.25) is 5.95 Å². The third kappa shape index (κ3) is 3.70. The zero-order valence-electron chi connectivity index (χ0n) is 18.0. The van der Waals surface area contributed by atoms with E-state index in [0.29, 0.717) is 35.3 Å². The molecule has 2 aromatic carbocycles. The molecule has 1 aromatic heterocycles. The van der Waals surface area contributed by atoms with E-state index < -0.39 is 12.0 Å². The Morgan fingerprint density at radius 3 is 2.65 bits per heavy atom. The van der Waals surface area contributed by atoms with Crippen LogP contribution in [0.3, 0.4) is 0 Å². The number of nitrogens with one attached hydrogen (secondary N) is 1. The third-order valence-corrected chi connectivity index (χ3v) is 5.30. The standard InChI is InChI=1S/C23H25N3O5/c1-14-20(22(27)31-12-11-28-2)21(16-13-15(29-3)9-10-19(16)30-4)26-18-8-6-5-7-17(18)25-23(26)24-14/h5-10,13,21H,11-12H2,1-4H3,(H,24,25)/t21-/m1/s1. The van der Waals surface area contributed by atoms with E-state index in [2.05, 4.69) is 5.32 Å². The molecule has 1 aliphatic rings. The molecule has 1 atom stereocenters. The first-order valence-electron chi connectivity index (χ1n) is 9.91. The van der Waals surface area contributed by atoms with Gasteiger partial charge in [-0.2, -0.15) is 0 Å². The molecule has 162 valence electrons. The van der Waals surface area contributed by atoms with Gasteiger partial charge in [0.15, 0.2) is 0 Å². The molecule has 1 aliphatic heterocycles. The van der Waals surface area contributed by atoms with E-state index in [1.807, 2.05) is 54.0 Å². The molecular formula is C23H25N3O5. The van der Waals surface area contributed by atoms with Crippen molar-refractivity contribution < 1.29 is 23.7 Å². The van der Waals surface area contributed by atoms with Gasteiger partial charge in [-0.05, 0) is 37.3 Å². The number of rotatable bonds is 7. The number of nitrogens with zero attached hydrogens (tertiary/aromatic N) is 2. The van der Waals surface area contributed by atoms with Gasteiger partial charge in [0, 0.05) is 18.4 Å². The summed E-state index contributed by atoms with van der Waals surface area (Å²) in [6.07, 6.45) is 0. The number of methoxy groups -OCH3 is 3. The second-order valence-electron chi connectivity index (χ2n) is 7.10. The van der Waals surface area contributed by atoms with E-state index in [-0.39, 0.29) is 6.61 Å². The third-order valence-electron chi connectivity index (χ3n) is 5.30. The van der Waals surface area contributed by atoms with Crippen molar-refractivity contribution in [3.63, 3.8) is 0 Å². The number of anilines is 1. The van der Waals surface area contributed by atoms with Gasteiger partial charge in [-0.1, -0.05) is 12.1 Å². The van der Waals surface area contributed by atoms with Crippen LogP contribution in [0.25, 0.3) is 11.0 Å². The summed E-state index contributed by atoms with van der Waals surface area (Å²) in [6.45, 7) is 2.32. The lowest BCUT2D eigenvalue weighted by atomic mass is 9.94. The zero-order chi connectivity index (χ0) is 22.0. The van der Waals surface area contributed by atoms with Crippen LogP contribution in [0.5, 0.6) is 11.5 Å². The van der Waals surface area contributed by atoms with Crippen molar-refractivity contribution in [3.8, 4) is 11.5 Å². The summed E-state index contributed by atoms with van der Waals surface area (Å²) in [5.41, 5.74) is 3.61. The lowest BCUT2D eigenvalue weighted by molar-refractivity contribution is -0.140. The first-order chi connectivity index (χ1) is 15.1. The van der Waals surface area contributed by atoms with E-state index in [1.54, 1.807) is 21.3 Å². The van der Waals surface area contributed by atoms with Crippen molar-refractivity contribution in [2.24, 2.45) is 0 Å². The summed E-state index contributed by atoms with van der Waals surface area (Å²) in [5.74, 6) is 1.50. The molecule has 0 radical (unpaired) electrons. The summed E-state index contributed by atoms with van der Waals surface area (Å²) in [5, 5.41) is 3.26. The van der Waals surface area contributed by atoms with Crippen molar-refractivity contribution in [1.29, 1.82) is 0 Å². The van der Waals surface area contributed by atoms with Crippen molar-refractivity contribution in [1.82, 2.24) is 9.55 Å². The zero-order valence-corrected chi connectivity index (χ0v) is 18.0. The number of esters is 1. The lowest BCUT2D eigenvalue weighted by Crippen LogP contribution is -2.29. The molecule has 3 aromatic rings. The quantitative estimate of drug-likeness (QED) is 0.460. The molecule has 4 rings (SSSR count). The number of aromatic nitrogens is 2. The second-order valence-corrected chi connectivity index (χ2v) is 7.10. The van der Waals surface area contributed by atoms with Crippen LogP contribution in [-0.2, 0) is 14.3 Å². The normalized spacial score (nSPS) is 15.4. The van der Waals surface area contributed by atoms with E-state index in [9.17, 15) is 4.79 Å². The Balaban J connectivity index is 1.94. The molecule has 8 nitrogen and oxygen atoms in total. The maximum atomic E-state index is 13.2. The Morgan fingerprint density at radius 1 is 1.10 bits per heavy atom. The Morgan fingerprint density at radius 2 is 1.90 bits per heavy atom. The van der Waals surface area contributed by atoms with Gasteiger partial charge in [-0.15, -0.1) is 0 Å². The summed E-state index contributed by atoms with van der Waals surface area (Å²) in [4.78, 5) is 17.9. The van der Waals surface area contributed by atoms with Crippen LogP contribution in [0.4, 0.5) is 5.95 Å². The molecular weight excluding hydrogens is 398 g/mol. The SMILES string of the molecule is COCCOC(=O)C1=C(C)Nc2nc3ccccc3n2[C@@H]1c1cc(OC)ccc1OC. The fourth-order valence-electron chi connectivity index (χ4n) is 3.87. The molecule has 0 unspecified atom stereocenters. The molecule has 0 saturated heterocycles. The molecule has 31 heavy (non-hydrogen) atoms. The van der Waals surface area contributed by atoms with Gasteiger partial charge in [0.05, 0.1) is 43.5 Å². The molecule has 0 spiro atoms. The molecule has 0 bridgehead atoms. The predicted octanol–water partition coefficient (Wildman–Crippen LogP) is 3.53. The van der Waals surface area contributed by atoms with Gasteiger partial charge < -0.3 is 24.3 Å². The first kappa shape index (κ1) is 20.7. The van der Waals surface area contributed by atoms with Crippen LogP contribution in [0.1, 0.15) is 18.5 Å². The Labute approximate surface area is 180 Å². The monoisotopic (exact) mass is 423 g/mol. The number of fused-ring (bicyclic) bond motifs is 3. The number of hydrogen-bond donors (Lipinski definition) is 1. The molecule has 0 aliphatic carbocycles. The number of allylic oxidation sites excluding steroid dienone is 1. The highest BCUT2D eigenvalue weighted by Crippen LogP contribution is 2.43. The summed E-state index contributed by atoms with van der Waals surface area (Å²) < 4.78 is 23.6. The molecule has 1 N–H and O–H groups in total. The van der Waals surface area contributed by atoms with Crippen LogP contribution in [-0.4, -0.2) is 50.1 Å². The van der Waals surface area contributed by atoms with Crippen molar-refractivity contribution in [2.45, 2.75) is 13.0 Å². The van der Waals surface area contributed by atoms with Crippen molar-refractivity contribution >= 4 is 23.0 Å². The Hall–Kier alpha value is -3.52. The maximum Gasteiger partial charge on any atom is 0.338 e. The Bertz CT molecular complexity index is 1150. The van der Waals surface area contributed by atoms with Crippen molar-refractivity contribution in [2.75, 3.05) is 39.9 Å². The van der Waals surface area contributed by atoms with Crippen LogP contribution in [0, 0.1) is 0 Å².